The Kier molecular flexibility index (Phi) is 4.80. The molecule has 1 rings (SSSR count). The van der Waals surface area contributed by atoms with Crippen LogP contribution in [0.4, 0.5) is 13.2 Å². The van der Waals surface area contributed by atoms with Gasteiger partial charge in [-0.05, 0) is 19.1 Å². The average Bonchev–Trinajstić information content (AvgIpc) is 2.63. The van der Waals surface area contributed by atoms with Gasteiger partial charge in [-0.1, -0.05) is 11.6 Å². The summed E-state index contributed by atoms with van der Waals surface area (Å²) in [6.07, 6.45) is -4.49. The van der Waals surface area contributed by atoms with Crippen LogP contribution < -0.4 is 5.32 Å². The Morgan fingerprint density at radius 1 is 1.53 bits per heavy atom. The van der Waals surface area contributed by atoms with E-state index in [1.54, 1.807) is 19.1 Å². The van der Waals surface area contributed by atoms with E-state index in [4.69, 9.17) is 16.9 Å². The Balaban J connectivity index is 2.54. The lowest BCUT2D eigenvalue weighted by Crippen LogP contribution is -2.33. The summed E-state index contributed by atoms with van der Waals surface area (Å²) in [7, 11) is 0. The van der Waals surface area contributed by atoms with Gasteiger partial charge in [0.15, 0.2) is 5.92 Å². The molecule has 7 heteroatoms. The molecule has 1 aromatic rings. The largest absolute Gasteiger partial charge is 0.405 e. The smallest absolute Gasteiger partial charge is 0.308 e. The van der Waals surface area contributed by atoms with E-state index in [0.29, 0.717) is 4.34 Å². The van der Waals surface area contributed by atoms with E-state index < -0.39 is 18.6 Å². The van der Waals surface area contributed by atoms with E-state index >= 15 is 0 Å². The van der Waals surface area contributed by atoms with Crippen LogP contribution in [0, 0.1) is 17.2 Å². The van der Waals surface area contributed by atoms with Gasteiger partial charge >= 0.3 is 6.18 Å². The van der Waals surface area contributed by atoms with Crippen molar-refractivity contribution >= 4 is 22.9 Å². The maximum Gasteiger partial charge on any atom is 0.405 e. The Bertz CT molecular complexity index is 410. The van der Waals surface area contributed by atoms with E-state index in [1.807, 2.05) is 0 Å². The first-order valence-corrected chi connectivity index (χ1v) is 5.99. The van der Waals surface area contributed by atoms with Gasteiger partial charge in [-0.15, -0.1) is 11.3 Å². The molecule has 0 bridgehead atoms. The molecule has 0 saturated carbocycles. The summed E-state index contributed by atoms with van der Waals surface area (Å²) in [5.41, 5.74) is 0. The van der Waals surface area contributed by atoms with Crippen molar-refractivity contribution in [2.24, 2.45) is 5.92 Å². The third-order valence-corrected chi connectivity index (χ3v) is 3.61. The second-order valence-electron chi connectivity index (χ2n) is 3.50. The first-order valence-electron chi connectivity index (χ1n) is 4.79. The molecule has 2 atom stereocenters. The van der Waals surface area contributed by atoms with Gasteiger partial charge in [0.05, 0.1) is 10.4 Å². The number of nitrogens with zero attached hydrogens (tertiary/aromatic N) is 1. The lowest BCUT2D eigenvalue weighted by atomic mass is 10.1. The molecule has 2 unspecified atom stereocenters. The first-order chi connectivity index (χ1) is 7.84. The highest BCUT2D eigenvalue weighted by Gasteiger charge is 2.39. The van der Waals surface area contributed by atoms with Crippen molar-refractivity contribution in [3.63, 3.8) is 0 Å². The predicted octanol–water partition coefficient (Wildman–Crippen LogP) is 3.75. The van der Waals surface area contributed by atoms with Crippen molar-refractivity contribution in [3.05, 3.63) is 21.3 Å². The van der Waals surface area contributed by atoms with Crippen LogP contribution in [-0.2, 0) is 0 Å². The number of thiophene rings is 1. The molecule has 0 spiro atoms. The topological polar surface area (TPSA) is 35.8 Å². The molecule has 94 valence electrons. The van der Waals surface area contributed by atoms with Gasteiger partial charge in [0, 0.05) is 17.5 Å². The molecule has 1 heterocycles. The van der Waals surface area contributed by atoms with Gasteiger partial charge in [-0.2, -0.15) is 18.4 Å². The maximum absolute atomic E-state index is 12.3. The molecule has 1 aromatic heterocycles. The molecule has 0 saturated heterocycles. The Labute approximate surface area is 106 Å². The lowest BCUT2D eigenvalue weighted by molar-refractivity contribution is -0.157. The highest BCUT2D eigenvalue weighted by atomic mass is 35.5. The summed E-state index contributed by atoms with van der Waals surface area (Å²) in [5.74, 6) is -1.99. The summed E-state index contributed by atoms with van der Waals surface area (Å²) >= 11 is 7.03. The van der Waals surface area contributed by atoms with E-state index in [-0.39, 0.29) is 6.04 Å². The normalized spacial score (nSPS) is 15.3. The zero-order valence-corrected chi connectivity index (χ0v) is 10.5. The number of nitriles is 1. The van der Waals surface area contributed by atoms with Crippen molar-refractivity contribution in [2.45, 2.75) is 19.1 Å². The highest BCUT2D eigenvalue weighted by Crippen LogP contribution is 2.28. The van der Waals surface area contributed by atoms with E-state index in [0.717, 1.165) is 4.88 Å². The molecule has 1 N–H and O–H groups in total. The van der Waals surface area contributed by atoms with Crippen molar-refractivity contribution in [1.29, 1.82) is 5.26 Å². The number of halogens is 4. The second kappa shape index (κ2) is 5.71. The SMILES string of the molecule is CC(NCC(C#N)C(F)(F)F)c1ccc(Cl)s1. The van der Waals surface area contributed by atoms with Gasteiger partial charge < -0.3 is 5.32 Å². The minimum Gasteiger partial charge on any atom is -0.308 e. The van der Waals surface area contributed by atoms with Crippen LogP contribution in [0.2, 0.25) is 4.34 Å². The molecular weight excluding hydrogens is 273 g/mol. The number of hydrogen-bond acceptors (Lipinski definition) is 3. The molecule has 0 fully saturated rings. The summed E-state index contributed by atoms with van der Waals surface area (Å²) < 4.78 is 37.5. The van der Waals surface area contributed by atoms with Crippen LogP contribution in [0.15, 0.2) is 12.1 Å². The number of nitrogens with one attached hydrogen (secondary N) is 1. The monoisotopic (exact) mass is 282 g/mol. The van der Waals surface area contributed by atoms with E-state index in [2.05, 4.69) is 5.32 Å². The molecular formula is C10H10ClF3N2S. The second-order valence-corrected chi connectivity index (χ2v) is 5.24. The van der Waals surface area contributed by atoms with Crippen molar-refractivity contribution in [2.75, 3.05) is 6.54 Å². The zero-order chi connectivity index (χ0) is 13.1. The lowest BCUT2D eigenvalue weighted by Gasteiger charge is -2.17. The summed E-state index contributed by atoms with van der Waals surface area (Å²) in [5, 5.41) is 11.1. The Morgan fingerprint density at radius 2 is 2.18 bits per heavy atom. The molecule has 0 aliphatic carbocycles. The predicted molar refractivity (Wildman–Crippen MR) is 60.9 cm³/mol. The van der Waals surface area contributed by atoms with Crippen LogP contribution in [0.5, 0.6) is 0 Å². The fraction of sp³-hybridized carbons (Fsp3) is 0.500. The van der Waals surface area contributed by atoms with Gasteiger partial charge in [0.2, 0.25) is 0 Å². The molecule has 17 heavy (non-hydrogen) atoms. The van der Waals surface area contributed by atoms with E-state index in [1.165, 1.54) is 17.4 Å². The van der Waals surface area contributed by atoms with Crippen molar-refractivity contribution in [3.8, 4) is 6.07 Å². The van der Waals surface area contributed by atoms with Gasteiger partial charge in [-0.25, -0.2) is 0 Å². The highest BCUT2D eigenvalue weighted by molar-refractivity contribution is 7.16. The number of alkyl halides is 3. The molecule has 0 aliphatic heterocycles. The Morgan fingerprint density at radius 3 is 2.59 bits per heavy atom. The summed E-state index contributed by atoms with van der Waals surface area (Å²) in [6, 6.07) is 4.42. The van der Waals surface area contributed by atoms with Crippen molar-refractivity contribution in [1.82, 2.24) is 5.32 Å². The minimum atomic E-state index is -4.49. The van der Waals surface area contributed by atoms with Crippen LogP contribution in [-0.4, -0.2) is 12.7 Å². The van der Waals surface area contributed by atoms with E-state index in [9.17, 15) is 13.2 Å². The standard InChI is InChI=1S/C10H10ClF3N2S/c1-6(8-2-3-9(11)17-8)16-5-7(4-15)10(12,13)14/h2-3,6-7,16H,5H2,1H3. The molecule has 0 amide bonds. The molecule has 0 radical (unpaired) electrons. The summed E-state index contributed by atoms with van der Waals surface area (Å²) in [4.78, 5) is 0.842. The molecule has 0 aliphatic rings. The molecule has 0 aromatic carbocycles. The van der Waals surface area contributed by atoms with Gasteiger partial charge in [0.1, 0.15) is 0 Å². The third kappa shape index (κ3) is 4.19. The van der Waals surface area contributed by atoms with Crippen LogP contribution >= 0.6 is 22.9 Å². The van der Waals surface area contributed by atoms with Crippen LogP contribution in [0.1, 0.15) is 17.8 Å². The summed E-state index contributed by atoms with van der Waals surface area (Å²) in [6.45, 7) is 1.31. The quantitative estimate of drug-likeness (QED) is 0.913. The fourth-order valence-electron chi connectivity index (χ4n) is 1.19. The van der Waals surface area contributed by atoms with Crippen LogP contribution in [0.25, 0.3) is 0 Å². The number of hydrogen-bond donors (Lipinski definition) is 1. The van der Waals surface area contributed by atoms with Crippen LogP contribution in [0.3, 0.4) is 0 Å². The first kappa shape index (κ1) is 14.3. The van der Waals surface area contributed by atoms with Crippen molar-refractivity contribution < 1.29 is 13.2 Å². The Hall–Kier alpha value is -0.770. The fourth-order valence-corrected chi connectivity index (χ4v) is 2.28. The molecule has 2 nitrogen and oxygen atoms in total. The minimum absolute atomic E-state index is 0.259. The maximum atomic E-state index is 12.3. The third-order valence-electron chi connectivity index (χ3n) is 2.20. The van der Waals surface area contributed by atoms with Gasteiger partial charge in [0.25, 0.3) is 0 Å². The average molecular weight is 283 g/mol. The van der Waals surface area contributed by atoms with Gasteiger partial charge in [-0.3, -0.25) is 0 Å². The number of rotatable bonds is 4. The zero-order valence-electron chi connectivity index (χ0n) is 8.88.